The van der Waals surface area contributed by atoms with Crippen molar-refractivity contribution in [3.8, 4) is 0 Å². The number of carbonyl (C=O) groups is 4. The summed E-state index contributed by atoms with van der Waals surface area (Å²) in [7, 11) is 0. The molecular weight excluding hydrogens is 405 g/mol. The number of esters is 1. The summed E-state index contributed by atoms with van der Waals surface area (Å²) in [6.45, 7) is 5.74. The molecule has 2 rings (SSSR count). The van der Waals surface area contributed by atoms with Gasteiger partial charge in [0.15, 0.2) is 6.10 Å². The molecule has 0 aliphatic rings. The first-order valence-corrected chi connectivity index (χ1v) is 9.52. The molecule has 0 spiro atoms. The number of carbonyl (C=O) groups excluding carboxylic acids is 4. The van der Waals surface area contributed by atoms with E-state index in [2.05, 4.69) is 16.0 Å². The third kappa shape index (κ3) is 7.22. The molecule has 164 valence electrons. The van der Waals surface area contributed by atoms with Gasteiger partial charge < -0.3 is 20.7 Å². The van der Waals surface area contributed by atoms with E-state index in [0.717, 1.165) is 0 Å². The van der Waals surface area contributed by atoms with Crippen LogP contribution in [0, 0.1) is 5.82 Å². The van der Waals surface area contributed by atoms with Gasteiger partial charge in [-0.2, -0.15) is 0 Å². The maximum absolute atomic E-state index is 13.1. The van der Waals surface area contributed by atoms with Crippen LogP contribution in [-0.2, 0) is 19.1 Å². The van der Waals surface area contributed by atoms with Crippen molar-refractivity contribution in [2.24, 2.45) is 0 Å². The van der Waals surface area contributed by atoms with Crippen LogP contribution in [0.4, 0.5) is 15.8 Å². The molecule has 2 atom stereocenters. The van der Waals surface area contributed by atoms with Gasteiger partial charge in [-0.05, 0) is 49.7 Å². The zero-order chi connectivity index (χ0) is 23.1. The highest BCUT2D eigenvalue weighted by Gasteiger charge is 2.22. The Morgan fingerprint density at radius 2 is 1.39 bits per heavy atom. The normalized spacial score (nSPS) is 12.3. The highest BCUT2D eigenvalue weighted by molar-refractivity contribution is 5.98. The third-order valence-electron chi connectivity index (χ3n) is 4.19. The molecule has 9 heteroatoms. The molecule has 0 aliphatic carbocycles. The Labute approximate surface area is 179 Å². The number of hydrogen-bond donors (Lipinski definition) is 3. The highest BCUT2D eigenvalue weighted by Crippen LogP contribution is 2.21. The second-order valence-corrected chi connectivity index (χ2v) is 6.99. The first-order valence-electron chi connectivity index (χ1n) is 9.52. The van der Waals surface area contributed by atoms with Crippen molar-refractivity contribution in [1.29, 1.82) is 0 Å². The lowest BCUT2D eigenvalue weighted by molar-refractivity contribution is -0.129. The minimum absolute atomic E-state index is 0.0428. The number of nitrogens with one attached hydrogen (secondary N) is 3. The largest absolute Gasteiger partial charge is 0.449 e. The molecule has 31 heavy (non-hydrogen) atoms. The van der Waals surface area contributed by atoms with Gasteiger partial charge in [-0.25, -0.2) is 9.18 Å². The standard InChI is InChI=1S/C22H24FN3O5/c1-12(16-5-7-18(23)8-6-16)24-21(29)13(2)31-22(30)17-9-19(25-14(3)27)11-20(10-17)26-15(4)28/h5-13H,1-4H3,(H,24,29)(H,25,27)(H,26,28). The molecule has 2 aromatic carbocycles. The number of anilines is 2. The molecule has 0 fully saturated rings. The number of amides is 3. The second-order valence-electron chi connectivity index (χ2n) is 6.99. The molecule has 0 aliphatic heterocycles. The van der Waals surface area contributed by atoms with Crippen LogP contribution < -0.4 is 16.0 Å². The van der Waals surface area contributed by atoms with Crippen LogP contribution in [-0.4, -0.2) is 29.8 Å². The van der Waals surface area contributed by atoms with Crippen molar-refractivity contribution in [3.05, 3.63) is 59.4 Å². The molecule has 0 radical (unpaired) electrons. The molecule has 0 bridgehead atoms. The summed E-state index contributed by atoms with van der Waals surface area (Å²) in [6, 6.07) is 9.49. The summed E-state index contributed by atoms with van der Waals surface area (Å²) < 4.78 is 18.3. The molecule has 0 saturated heterocycles. The Bertz CT molecular complexity index is 957. The Hall–Kier alpha value is -3.75. The number of benzene rings is 2. The summed E-state index contributed by atoms with van der Waals surface area (Å²) >= 11 is 0. The number of halogens is 1. The maximum Gasteiger partial charge on any atom is 0.339 e. The van der Waals surface area contributed by atoms with Crippen LogP contribution in [0.15, 0.2) is 42.5 Å². The van der Waals surface area contributed by atoms with Crippen molar-refractivity contribution >= 4 is 35.1 Å². The zero-order valence-corrected chi connectivity index (χ0v) is 17.6. The fraction of sp³-hybridized carbons (Fsp3) is 0.273. The van der Waals surface area contributed by atoms with E-state index in [4.69, 9.17) is 4.74 Å². The summed E-state index contributed by atoms with van der Waals surface area (Å²) in [5.41, 5.74) is 1.30. The fourth-order valence-electron chi connectivity index (χ4n) is 2.74. The smallest absolute Gasteiger partial charge is 0.339 e. The van der Waals surface area contributed by atoms with Gasteiger partial charge in [0, 0.05) is 25.2 Å². The summed E-state index contributed by atoms with van der Waals surface area (Å²) in [6.07, 6.45) is -1.12. The summed E-state index contributed by atoms with van der Waals surface area (Å²) in [5, 5.41) is 7.76. The monoisotopic (exact) mass is 429 g/mol. The third-order valence-corrected chi connectivity index (χ3v) is 4.19. The van der Waals surface area contributed by atoms with Crippen LogP contribution in [0.25, 0.3) is 0 Å². The average Bonchev–Trinajstić information content (AvgIpc) is 2.67. The van der Waals surface area contributed by atoms with Crippen LogP contribution in [0.5, 0.6) is 0 Å². The van der Waals surface area contributed by atoms with E-state index in [1.54, 1.807) is 19.1 Å². The Balaban J connectivity index is 2.09. The van der Waals surface area contributed by atoms with E-state index < -0.39 is 24.0 Å². The van der Waals surface area contributed by atoms with Crippen molar-refractivity contribution < 1.29 is 28.3 Å². The molecule has 2 unspecified atom stereocenters. The van der Waals surface area contributed by atoms with Crippen molar-refractivity contribution in [2.75, 3.05) is 10.6 Å². The minimum Gasteiger partial charge on any atom is -0.449 e. The van der Waals surface area contributed by atoms with Gasteiger partial charge >= 0.3 is 5.97 Å². The Kier molecular flexibility index (Phi) is 7.84. The van der Waals surface area contributed by atoms with Crippen LogP contribution in [0.1, 0.15) is 49.7 Å². The van der Waals surface area contributed by atoms with Gasteiger partial charge in [-0.3, -0.25) is 14.4 Å². The Morgan fingerprint density at radius 3 is 1.87 bits per heavy atom. The van der Waals surface area contributed by atoms with Gasteiger partial charge in [-0.1, -0.05) is 12.1 Å². The molecule has 0 heterocycles. The molecular formula is C22H24FN3O5. The van der Waals surface area contributed by atoms with Crippen molar-refractivity contribution in [3.63, 3.8) is 0 Å². The van der Waals surface area contributed by atoms with Gasteiger partial charge in [0.1, 0.15) is 5.82 Å². The summed E-state index contributed by atoms with van der Waals surface area (Å²) in [4.78, 5) is 47.7. The van der Waals surface area contributed by atoms with E-state index in [0.29, 0.717) is 5.56 Å². The lowest BCUT2D eigenvalue weighted by Gasteiger charge is -2.18. The van der Waals surface area contributed by atoms with E-state index in [9.17, 15) is 23.6 Å². The van der Waals surface area contributed by atoms with Gasteiger partial charge in [0.05, 0.1) is 11.6 Å². The minimum atomic E-state index is -1.12. The maximum atomic E-state index is 13.1. The second kappa shape index (κ2) is 10.3. The molecule has 0 saturated carbocycles. The summed E-state index contributed by atoms with van der Waals surface area (Å²) in [5.74, 6) is -2.45. The molecule has 3 amide bonds. The predicted octanol–water partition coefficient (Wildman–Crippen LogP) is 3.17. The van der Waals surface area contributed by atoms with Crippen LogP contribution in [0.3, 0.4) is 0 Å². The lowest BCUT2D eigenvalue weighted by atomic mass is 10.1. The van der Waals surface area contributed by atoms with E-state index in [1.807, 2.05) is 0 Å². The van der Waals surface area contributed by atoms with Crippen molar-refractivity contribution in [2.45, 2.75) is 39.8 Å². The van der Waals surface area contributed by atoms with E-state index in [-0.39, 0.29) is 34.6 Å². The van der Waals surface area contributed by atoms with Crippen molar-refractivity contribution in [1.82, 2.24) is 5.32 Å². The fourth-order valence-corrected chi connectivity index (χ4v) is 2.74. The molecule has 8 nitrogen and oxygen atoms in total. The van der Waals surface area contributed by atoms with E-state index in [1.165, 1.54) is 51.1 Å². The van der Waals surface area contributed by atoms with Gasteiger partial charge in [0.25, 0.3) is 5.91 Å². The highest BCUT2D eigenvalue weighted by atomic mass is 19.1. The van der Waals surface area contributed by atoms with Gasteiger partial charge in [0.2, 0.25) is 11.8 Å². The number of hydrogen-bond acceptors (Lipinski definition) is 5. The van der Waals surface area contributed by atoms with Gasteiger partial charge in [-0.15, -0.1) is 0 Å². The number of rotatable bonds is 7. The topological polar surface area (TPSA) is 114 Å². The molecule has 2 aromatic rings. The first-order chi connectivity index (χ1) is 14.5. The van der Waals surface area contributed by atoms with E-state index >= 15 is 0 Å². The average molecular weight is 429 g/mol. The molecule has 0 aromatic heterocycles. The molecule has 3 N–H and O–H groups in total. The first kappa shape index (κ1) is 23.5. The lowest BCUT2D eigenvalue weighted by Crippen LogP contribution is -2.37. The van der Waals surface area contributed by atoms with Crippen LogP contribution in [0.2, 0.25) is 0 Å². The predicted molar refractivity (Wildman–Crippen MR) is 113 cm³/mol. The number of ether oxygens (including phenoxy) is 1. The van der Waals surface area contributed by atoms with Crippen LogP contribution >= 0.6 is 0 Å². The zero-order valence-electron chi connectivity index (χ0n) is 17.6. The quantitative estimate of drug-likeness (QED) is 0.585. The Morgan fingerprint density at radius 1 is 0.871 bits per heavy atom. The SMILES string of the molecule is CC(=O)Nc1cc(NC(C)=O)cc(C(=O)OC(C)C(=O)NC(C)c2ccc(F)cc2)c1.